The van der Waals surface area contributed by atoms with Gasteiger partial charge in [-0.25, -0.2) is 9.97 Å². The molecule has 9 heteroatoms. The normalized spacial score (nSPS) is 12.4. The van der Waals surface area contributed by atoms with Crippen LogP contribution in [0, 0.1) is 5.92 Å². The van der Waals surface area contributed by atoms with E-state index >= 15 is 0 Å². The summed E-state index contributed by atoms with van der Waals surface area (Å²) >= 11 is 0. The molecule has 0 fully saturated rings. The van der Waals surface area contributed by atoms with Crippen molar-refractivity contribution >= 4 is 17.4 Å². The standard InChI is InChI=1S/C18H21N9/c1-4-12(2)9-16-23-24-17-10-13(6-8-27(16)17)14-5-7-19-18(21-14)22-15-11-20-26(3)25-15/h5-8,10-12H,4,9H2,1-3H3,(H,19,21,22,25). The highest BCUT2D eigenvalue weighted by molar-refractivity contribution is 5.65. The summed E-state index contributed by atoms with van der Waals surface area (Å²) in [6, 6.07) is 5.87. The molecule has 0 amide bonds. The van der Waals surface area contributed by atoms with Crippen molar-refractivity contribution in [1.29, 1.82) is 0 Å². The lowest BCUT2D eigenvalue weighted by Crippen LogP contribution is -2.03. The summed E-state index contributed by atoms with van der Waals surface area (Å²) in [5.74, 6) is 2.62. The molecule has 1 atom stereocenters. The predicted octanol–water partition coefficient (Wildman–Crippen LogP) is 2.65. The molecule has 0 aliphatic carbocycles. The van der Waals surface area contributed by atoms with Crippen LogP contribution < -0.4 is 5.32 Å². The summed E-state index contributed by atoms with van der Waals surface area (Å²) in [6.45, 7) is 4.41. The van der Waals surface area contributed by atoms with Crippen molar-refractivity contribution in [2.45, 2.75) is 26.7 Å². The zero-order valence-corrected chi connectivity index (χ0v) is 15.5. The topological polar surface area (TPSA) is 98.7 Å². The van der Waals surface area contributed by atoms with E-state index in [1.807, 2.05) is 28.8 Å². The number of anilines is 2. The molecule has 0 aliphatic rings. The minimum atomic E-state index is 0.465. The molecule has 9 nitrogen and oxygen atoms in total. The van der Waals surface area contributed by atoms with Crippen LogP contribution in [0.4, 0.5) is 11.8 Å². The first kappa shape index (κ1) is 17.1. The van der Waals surface area contributed by atoms with Crippen LogP contribution in [0.25, 0.3) is 16.9 Å². The fourth-order valence-corrected chi connectivity index (χ4v) is 2.79. The third-order valence-corrected chi connectivity index (χ3v) is 4.50. The fourth-order valence-electron chi connectivity index (χ4n) is 2.79. The Bertz CT molecular complexity index is 1070. The van der Waals surface area contributed by atoms with Gasteiger partial charge >= 0.3 is 0 Å². The maximum absolute atomic E-state index is 4.57. The van der Waals surface area contributed by atoms with Gasteiger partial charge in [-0.2, -0.15) is 9.90 Å². The minimum absolute atomic E-state index is 0.465. The van der Waals surface area contributed by atoms with Crippen LogP contribution in [0.3, 0.4) is 0 Å². The number of hydrogen-bond acceptors (Lipinski definition) is 7. The lowest BCUT2D eigenvalue weighted by molar-refractivity contribution is 0.540. The Hall–Kier alpha value is -3.36. The SMILES string of the molecule is CCC(C)Cc1nnc2cc(-c3ccnc(Nc4cnn(C)n4)n3)ccn12. The Morgan fingerprint density at radius 2 is 2.11 bits per heavy atom. The molecule has 1 N–H and O–H groups in total. The first-order chi connectivity index (χ1) is 13.1. The Morgan fingerprint density at radius 3 is 2.89 bits per heavy atom. The summed E-state index contributed by atoms with van der Waals surface area (Å²) in [5, 5.41) is 19.9. The molecule has 0 radical (unpaired) electrons. The number of nitrogens with zero attached hydrogens (tertiary/aromatic N) is 8. The maximum atomic E-state index is 4.57. The van der Waals surface area contributed by atoms with Crippen LogP contribution in [-0.2, 0) is 13.5 Å². The van der Waals surface area contributed by atoms with Crippen LogP contribution in [0.5, 0.6) is 0 Å². The van der Waals surface area contributed by atoms with Crippen molar-refractivity contribution < 1.29 is 0 Å². The molecule has 138 valence electrons. The van der Waals surface area contributed by atoms with E-state index in [0.29, 0.717) is 17.7 Å². The molecule has 0 spiro atoms. The largest absolute Gasteiger partial charge is 0.306 e. The van der Waals surface area contributed by atoms with Crippen molar-refractivity contribution in [3.63, 3.8) is 0 Å². The molecule has 0 aromatic carbocycles. The smallest absolute Gasteiger partial charge is 0.228 e. The average molecular weight is 363 g/mol. The highest BCUT2D eigenvalue weighted by atomic mass is 15.5. The number of aromatic nitrogens is 8. The van der Waals surface area contributed by atoms with Crippen LogP contribution >= 0.6 is 0 Å². The highest BCUT2D eigenvalue weighted by Gasteiger charge is 2.11. The van der Waals surface area contributed by atoms with Crippen LogP contribution in [0.2, 0.25) is 0 Å². The van der Waals surface area contributed by atoms with E-state index in [1.54, 1.807) is 19.4 Å². The zero-order valence-electron chi connectivity index (χ0n) is 15.5. The minimum Gasteiger partial charge on any atom is -0.306 e. The summed E-state index contributed by atoms with van der Waals surface area (Å²) in [4.78, 5) is 10.3. The first-order valence-corrected chi connectivity index (χ1v) is 8.93. The summed E-state index contributed by atoms with van der Waals surface area (Å²) in [6.07, 6.45) is 7.37. The zero-order chi connectivity index (χ0) is 18.8. The van der Waals surface area contributed by atoms with E-state index in [0.717, 1.165) is 35.6 Å². The molecular weight excluding hydrogens is 342 g/mol. The van der Waals surface area contributed by atoms with Crippen molar-refractivity contribution in [2.75, 3.05) is 5.32 Å². The molecule has 0 saturated heterocycles. The van der Waals surface area contributed by atoms with E-state index in [1.165, 1.54) is 4.80 Å². The molecule has 4 heterocycles. The summed E-state index contributed by atoms with van der Waals surface area (Å²) < 4.78 is 2.04. The second-order valence-corrected chi connectivity index (χ2v) is 6.59. The van der Waals surface area contributed by atoms with E-state index in [9.17, 15) is 0 Å². The summed E-state index contributed by atoms with van der Waals surface area (Å²) in [5.41, 5.74) is 2.56. The third kappa shape index (κ3) is 3.62. The van der Waals surface area contributed by atoms with Gasteiger partial charge in [0, 0.05) is 31.4 Å². The second kappa shape index (κ2) is 7.10. The molecule has 0 saturated carbocycles. The van der Waals surface area contributed by atoms with Crippen molar-refractivity contribution in [3.05, 3.63) is 42.6 Å². The number of aryl methyl sites for hydroxylation is 1. The molecule has 4 aromatic rings. The first-order valence-electron chi connectivity index (χ1n) is 8.93. The lowest BCUT2D eigenvalue weighted by atomic mass is 10.1. The number of nitrogens with one attached hydrogen (secondary N) is 1. The number of hydrogen-bond donors (Lipinski definition) is 1. The van der Waals surface area contributed by atoms with Gasteiger partial charge in [0.2, 0.25) is 5.95 Å². The Kier molecular flexibility index (Phi) is 4.49. The molecule has 27 heavy (non-hydrogen) atoms. The number of fused-ring (bicyclic) bond motifs is 1. The molecule has 1 unspecified atom stereocenters. The Morgan fingerprint density at radius 1 is 1.22 bits per heavy atom. The van der Waals surface area contributed by atoms with Gasteiger partial charge in [0.15, 0.2) is 11.5 Å². The molecular formula is C18H21N9. The Balaban J connectivity index is 1.61. The van der Waals surface area contributed by atoms with Gasteiger partial charge in [-0.3, -0.25) is 4.40 Å². The van der Waals surface area contributed by atoms with Crippen LogP contribution in [0.15, 0.2) is 36.8 Å². The van der Waals surface area contributed by atoms with Crippen molar-refractivity contribution in [3.8, 4) is 11.3 Å². The van der Waals surface area contributed by atoms with E-state index < -0.39 is 0 Å². The van der Waals surface area contributed by atoms with E-state index in [4.69, 9.17) is 0 Å². The summed E-state index contributed by atoms with van der Waals surface area (Å²) in [7, 11) is 1.76. The molecule has 4 aromatic heterocycles. The second-order valence-electron chi connectivity index (χ2n) is 6.59. The molecule has 0 bridgehead atoms. The number of pyridine rings is 1. The van der Waals surface area contributed by atoms with Gasteiger partial charge in [0.1, 0.15) is 5.82 Å². The van der Waals surface area contributed by atoms with Crippen molar-refractivity contribution in [1.82, 2.24) is 39.6 Å². The van der Waals surface area contributed by atoms with E-state index in [2.05, 4.69) is 49.5 Å². The average Bonchev–Trinajstić information content (AvgIpc) is 3.27. The lowest BCUT2D eigenvalue weighted by Gasteiger charge is -2.07. The quantitative estimate of drug-likeness (QED) is 0.562. The van der Waals surface area contributed by atoms with Gasteiger partial charge in [0.25, 0.3) is 0 Å². The van der Waals surface area contributed by atoms with Crippen LogP contribution in [-0.4, -0.2) is 39.6 Å². The van der Waals surface area contributed by atoms with Crippen molar-refractivity contribution in [2.24, 2.45) is 13.0 Å². The maximum Gasteiger partial charge on any atom is 0.228 e. The van der Waals surface area contributed by atoms with Gasteiger partial charge in [0.05, 0.1) is 11.9 Å². The molecule has 0 aliphatic heterocycles. The third-order valence-electron chi connectivity index (χ3n) is 4.50. The Labute approximate surface area is 156 Å². The van der Waals surface area contributed by atoms with Gasteiger partial charge < -0.3 is 5.32 Å². The van der Waals surface area contributed by atoms with Gasteiger partial charge in [-0.1, -0.05) is 20.3 Å². The highest BCUT2D eigenvalue weighted by Crippen LogP contribution is 2.21. The number of rotatable bonds is 6. The van der Waals surface area contributed by atoms with Crippen LogP contribution in [0.1, 0.15) is 26.1 Å². The predicted molar refractivity (Wildman–Crippen MR) is 101 cm³/mol. The van der Waals surface area contributed by atoms with Gasteiger partial charge in [-0.05, 0) is 24.1 Å². The fraction of sp³-hybridized carbons (Fsp3) is 0.333. The molecule has 4 rings (SSSR count). The monoisotopic (exact) mass is 363 g/mol. The van der Waals surface area contributed by atoms with Gasteiger partial charge in [-0.15, -0.1) is 15.3 Å². The van der Waals surface area contributed by atoms with E-state index in [-0.39, 0.29) is 0 Å².